The Morgan fingerprint density at radius 3 is 1.81 bits per heavy atom. The second kappa shape index (κ2) is 22.6. The van der Waals surface area contributed by atoms with Crippen LogP contribution >= 0.6 is 12.4 Å². The topological polar surface area (TPSA) is 247 Å². The molecule has 0 bridgehead atoms. The Kier molecular flexibility index (Phi) is 22.1. The van der Waals surface area contributed by atoms with Crippen molar-refractivity contribution >= 4 is 47.5 Å². The molecule has 2 fully saturated rings. The monoisotopic (exact) mass is 636 g/mol. The van der Waals surface area contributed by atoms with E-state index in [1.165, 1.54) is 44.9 Å². The summed E-state index contributed by atoms with van der Waals surface area (Å²) in [5, 5.41) is 16.7. The largest absolute Gasteiger partial charge is 0.506 e. The number of piperidine rings is 2. The normalized spacial score (nSPS) is 14.1. The van der Waals surface area contributed by atoms with Crippen LogP contribution in [0.1, 0.15) is 103 Å². The van der Waals surface area contributed by atoms with Gasteiger partial charge < -0.3 is 50.1 Å². The number of halogens is 1. The second-order valence-electron chi connectivity index (χ2n) is 10.6. The van der Waals surface area contributed by atoms with Crippen LogP contribution in [0.25, 0.3) is 0 Å². The SMILES string of the molecule is CCCCCCCCCC(=O)Nc1ccc(Nc2nc(N3CCCCC3)nc(N3CCCCC3)n2)cc1O.Cl.N.N.N.N.[HH].[HH].[HH].[HH]. The predicted molar refractivity (Wildman–Crippen MR) is 190 cm³/mol. The van der Waals surface area contributed by atoms with Crippen molar-refractivity contribution in [3.8, 4) is 5.75 Å². The van der Waals surface area contributed by atoms with Crippen molar-refractivity contribution in [3.63, 3.8) is 0 Å². The van der Waals surface area contributed by atoms with E-state index in [0.29, 0.717) is 35.6 Å². The second-order valence-corrected chi connectivity index (χ2v) is 10.6. The van der Waals surface area contributed by atoms with Crippen molar-refractivity contribution in [1.29, 1.82) is 0 Å². The molecule has 14 heteroatoms. The predicted octanol–water partition coefficient (Wildman–Crippen LogP) is 8.43. The highest BCUT2D eigenvalue weighted by molar-refractivity contribution is 5.92. The summed E-state index contributed by atoms with van der Waals surface area (Å²) in [6.07, 6.45) is 15.7. The number of anilines is 5. The van der Waals surface area contributed by atoms with Crippen LogP contribution in [0, 0.1) is 0 Å². The summed E-state index contributed by atoms with van der Waals surface area (Å²) in [5.74, 6) is 1.84. The summed E-state index contributed by atoms with van der Waals surface area (Å²) in [5.41, 5.74) is 1.08. The molecule has 15 N–H and O–H groups in total. The Bertz CT molecular complexity index is 1020. The van der Waals surface area contributed by atoms with E-state index in [1.54, 1.807) is 12.1 Å². The lowest BCUT2D eigenvalue weighted by Crippen LogP contribution is -2.34. The summed E-state index contributed by atoms with van der Waals surface area (Å²) in [6.45, 7) is 6.04. The van der Waals surface area contributed by atoms with Crippen LogP contribution in [-0.2, 0) is 4.79 Å². The highest BCUT2D eigenvalue weighted by atomic mass is 35.5. The number of hydrogen-bond donors (Lipinski definition) is 7. The molecule has 2 aliphatic heterocycles. The minimum absolute atomic E-state index is 0. The molecule has 43 heavy (non-hydrogen) atoms. The Morgan fingerprint density at radius 1 is 0.791 bits per heavy atom. The summed E-state index contributed by atoms with van der Waals surface area (Å²) in [6, 6.07) is 5.15. The number of nitrogens with zero attached hydrogens (tertiary/aromatic N) is 5. The maximum Gasteiger partial charge on any atom is 0.233 e. The summed E-state index contributed by atoms with van der Waals surface area (Å²) < 4.78 is 0. The molecule has 0 saturated carbocycles. The maximum atomic E-state index is 12.4. The molecule has 1 amide bonds. The minimum atomic E-state index is -0.0654. The number of carbonyl (C=O) groups excluding carboxylic acids is 1. The molecule has 4 rings (SSSR count). The van der Waals surface area contributed by atoms with Crippen molar-refractivity contribution in [1.82, 2.24) is 39.6 Å². The first-order chi connectivity index (χ1) is 18.6. The molecule has 0 atom stereocenters. The van der Waals surface area contributed by atoms with Crippen LogP contribution < -0.4 is 45.0 Å². The average Bonchev–Trinajstić information content (AvgIpc) is 2.95. The van der Waals surface area contributed by atoms with Gasteiger partial charge in [0.2, 0.25) is 23.8 Å². The van der Waals surface area contributed by atoms with Gasteiger partial charge in [0, 0.05) is 50.1 Å². The lowest BCUT2D eigenvalue weighted by Gasteiger charge is -2.30. The van der Waals surface area contributed by atoms with Gasteiger partial charge in [-0.05, 0) is 57.1 Å². The molecule has 2 aliphatic rings. The Hall–Kier alpha value is -2.97. The fourth-order valence-electron chi connectivity index (χ4n) is 5.18. The van der Waals surface area contributed by atoms with Crippen LogP contribution in [0.15, 0.2) is 18.2 Å². The van der Waals surface area contributed by atoms with E-state index >= 15 is 0 Å². The summed E-state index contributed by atoms with van der Waals surface area (Å²) in [7, 11) is 0. The first kappa shape index (κ1) is 42.2. The number of aromatic hydroxyl groups is 1. The van der Waals surface area contributed by atoms with E-state index < -0.39 is 0 Å². The van der Waals surface area contributed by atoms with Crippen LogP contribution in [-0.4, -0.2) is 52.1 Å². The van der Waals surface area contributed by atoms with E-state index in [-0.39, 0.29) is 54.4 Å². The van der Waals surface area contributed by atoms with Gasteiger partial charge in [0.25, 0.3) is 0 Å². The van der Waals surface area contributed by atoms with E-state index in [4.69, 9.17) is 15.0 Å². The first-order valence-electron chi connectivity index (χ1n) is 14.8. The van der Waals surface area contributed by atoms with Gasteiger partial charge in [-0.1, -0.05) is 45.4 Å². The third kappa shape index (κ3) is 13.5. The van der Waals surface area contributed by atoms with Crippen LogP contribution in [0.3, 0.4) is 0 Å². The Labute approximate surface area is 270 Å². The first-order valence-corrected chi connectivity index (χ1v) is 14.8. The zero-order valence-corrected chi connectivity index (χ0v) is 27.1. The molecule has 0 spiro atoms. The van der Waals surface area contributed by atoms with Gasteiger partial charge in [0.1, 0.15) is 5.75 Å². The molecule has 0 unspecified atom stereocenters. The highest BCUT2D eigenvalue weighted by Gasteiger charge is 2.20. The maximum absolute atomic E-state index is 12.4. The van der Waals surface area contributed by atoms with Crippen LogP contribution in [0.5, 0.6) is 5.75 Å². The number of phenols is 1. The fraction of sp³-hybridized carbons (Fsp3) is 0.655. The van der Waals surface area contributed by atoms with Gasteiger partial charge in [0.05, 0.1) is 5.69 Å². The van der Waals surface area contributed by atoms with Gasteiger partial charge in [-0.15, -0.1) is 12.4 Å². The quantitative estimate of drug-likeness (QED) is 0.0808. The molecule has 2 saturated heterocycles. The molecule has 0 aliphatic carbocycles. The lowest BCUT2D eigenvalue weighted by atomic mass is 10.1. The van der Waals surface area contributed by atoms with Gasteiger partial charge >= 0.3 is 0 Å². The molecular weight excluding hydrogens is 570 g/mol. The summed E-state index contributed by atoms with van der Waals surface area (Å²) >= 11 is 0. The Morgan fingerprint density at radius 2 is 1.30 bits per heavy atom. The molecule has 13 nitrogen and oxygen atoms in total. The molecule has 256 valence electrons. The number of carbonyl (C=O) groups is 1. The third-order valence-electron chi connectivity index (χ3n) is 7.42. The van der Waals surface area contributed by atoms with E-state index in [9.17, 15) is 9.90 Å². The van der Waals surface area contributed by atoms with E-state index in [2.05, 4.69) is 27.4 Å². The smallest absolute Gasteiger partial charge is 0.233 e. The number of benzene rings is 1. The highest BCUT2D eigenvalue weighted by Crippen LogP contribution is 2.29. The number of rotatable bonds is 13. The zero-order chi connectivity index (χ0) is 26.6. The van der Waals surface area contributed by atoms with Crippen molar-refractivity contribution in [2.45, 2.75) is 96.8 Å². The molecule has 2 aromatic rings. The van der Waals surface area contributed by atoms with Gasteiger partial charge in [-0.3, -0.25) is 4.79 Å². The van der Waals surface area contributed by atoms with Gasteiger partial charge in [0.15, 0.2) is 0 Å². The van der Waals surface area contributed by atoms with E-state index in [1.807, 2.05) is 6.07 Å². The summed E-state index contributed by atoms with van der Waals surface area (Å²) in [4.78, 5) is 31.1. The number of amides is 1. The van der Waals surface area contributed by atoms with Crippen molar-refractivity contribution in [2.75, 3.05) is 46.6 Å². The number of phenolic OH excluding ortho intramolecular Hbond substituents is 1. The van der Waals surface area contributed by atoms with Crippen molar-refractivity contribution < 1.29 is 15.6 Å². The number of hydrogen-bond acceptors (Lipinski definition) is 12. The molecule has 3 heterocycles. The standard InChI is InChI=1S/C29H45N7O2.ClH.4H3N.4H2/c1-2-3-4-5-6-7-10-15-26(38)31-24-17-16-23(22-25(24)37)30-27-32-28(35-18-11-8-12-19-35)34-29(33-27)36-20-13-9-14-21-36;;;;;;;;;/h16-17,22,37H,2-15,18-21H2,1H3,(H,31,38)(H,30,32,33,34);1H;4*1H3;4*1H. The molecule has 0 radical (unpaired) electrons. The van der Waals surface area contributed by atoms with Crippen LogP contribution in [0.4, 0.5) is 29.2 Å². The van der Waals surface area contributed by atoms with Crippen molar-refractivity contribution in [3.05, 3.63) is 18.2 Å². The van der Waals surface area contributed by atoms with Crippen LogP contribution in [0.2, 0.25) is 0 Å². The number of nitrogens with one attached hydrogen (secondary N) is 2. The number of aromatic nitrogens is 3. The van der Waals surface area contributed by atoms with Gasteiger partial charge in [-0.2, -0.15) is 15.0 Å². The zero-order valence-electron chi connectivity index (χ0n) is 26.3. The fourth-order valence-corrected chi connectivity index (χ4v) is 5.18. The molecule has 1 aromatic heterocycles. The third-order valence-corrected chi connectivity index (χ3v) is 7.42. The molecular formula is C29H66ClN11O2. The van der Waals surface area contributed by atoms with Crippen molar-refractivity contribution in [2.24, 2.45) is 0 Å². The van der Waals surface area contributed by atoms with E-state index in [0.717, 1.165) is 64.7 Å². The average molecular weight is 636 g/mol. The van der Waals surface area contributed by atoms with Gasteiger partial charge in [-0.25, -0.2) is 0 Å². The lowest BCUT2D eigenvalue weighted by molar-refractivity contribution is -0.116. The Balaban J connectivity index is -0.000000467. The minimum Gasteiger partial charge on any atom is -0.506 e. The number of unbranched alkanes of at least 4 members (excludes halogenated alkanes) is 6. The molecule has 1 aromatic carbocycles.